The van der Waals surface area contributed by atoms with E-state index in [1.807, 2.05) is 0 Å². The van der Waals surface area contributed by atoms with E-state index in [-0.39, 0.29) is 29.2 Å². The molecule has 2 heterocycles. The van der Waals surface area contributed by atoms with Crippen LogP contribution in [0.25, 0.3) is 16.7 Å². The minimum atomic E-state index is -4.56. The zero-order valence-corrected chi connectivity index (χ0v) is 18.4. The number of aryl methyl sites for hydroxylation is 1. The van der Waals surface area contributed by atoms with E-state index in [9.17, 15) is 22.4 Å². The molecule has 5 nitrogen and oxygen atoms in total. The van der Waals surface area contributed by atoms with Gasteiger partial charge in [-0.15, -0.1) is 0 Å². The number of alkyl halides is 3. The fourth-order valence-corrected chi connectivity index (χ4v) is 5.25. The van der Waals surface area contributed by atoms with Gasteiger partial charge >= 0.3 is 12.1 Å². The molecule has 34 heavy (non-hydrogen) atoms. The van der Waals surface area contributed by atoms with E-state index in [0.29, 0.717) is 24.0 Å². The number of rotatable bonds is 3. The second-order valence-corrected chi connectivity index (χ2v) is 8.71. The molecule has 0 amide bonds. The van der Waals surface area contributed by atoms with E-state index in [0.717, 1.165) is 12.1 Å². The van der Waals surface area contributed by atoms with Crippen LogP contribution in [0.4, 0.5) is 17.6 Å². The highest BCUT2D eigenvalue weighted by Gasteiger charge is 2.54. The van der Waals surface area contributed by atoms with Crippen LogP contribution in [0.15, 0.2) is 46.9 Å². The van der Waals surface area contributed by atoms with E-state index >= 15 is 0 Å². The Morgan fingerprint density at radius 3 is 2.62 bits per heavy atom. The lowest BCUT2D eigenvalue weighted by molar-refractivity contribution is -0.146. The maximum atomic E-state index is 13.6. The molecule has 1 aromatic heterocycles. The average molecular weight is 475 g/mol. The second-order valence-electron chi connectivity index (χ2n) is 8.71. The number of hydrogen-bond donors (Lipinski definition) is 0. The van der Waals surface area contributed by atoms with E-state index in [1.54, 1.807) is 25.1 Å². The first-order chi connectivity index (χ1) is 16.1. The first kappa shape index (κ1) is 22.6. The summed E-state index contributed by atoms with van der Waals surface area (Å²) in [4.78, 5) is 16.7. The molecule has 0 saturated heterocycles. The number of esters is 1. The van der Waals surface area contributed by atoms with Crippen molar-refractivity contribution in [3.63, 3.8) is 0 Å². The molecule has 1 saturated carbocycles. The molecule has 0 bridgehead atoms. The molecule has 1 aliphatic heterocycles. The van der Waals surface area contributed by atoms with Crippen molar-refractivity contribution in [2.45, 2.75) is 37.5 Å². The summed E-state index contributed by atoms with van der Waals surface area (Å²) in [6.45, 7) is 1.60. The summed E-state index contributed by atoms with van der Waals surface area (Å²) >= 11 is 0. The van der Waals surface area contributed by atoms with Gasteiger partial charge in [-0.3, -0.25) is 4.79 Å². The van der Waals surface area contributed by atoms with Crippen molar-refractivity contribution in [1.29, 1.82) is 0 Å². The second kappa shape index (κ2) is 7.94. The lowest BCUT2D eigenvalue weighted by Crippen LogP contribution is -2.34. The third-order valence-corrected chi connectivity index (χ3v) is 6.69. The predicted octanol–water partition coefficient (Wildman–Crippen LogP) is 5.81. The minimum absolute atomic E-state index is 0.0295. The summed E-state index contributed by atoms with van der Waals surface area (Å²) in [5.41, 5.74) is 0.0280. The minimum Gasteiger partial charge on any atom is -0.469 e. The number of carbonyl (C=O) groups is 1. The van der Waals surface area contributed by atoms with Gasteiger partial charge in [-0.2, -0.15) is 13.2 Å². The molecule has 9 heteroatoms. The Balaban J connectivity index is 1.64. The summed E-state index contributed by atoms with van der Waals surface area (Å²) in [5, 5.41) is 0. The van der Waals surface area contributed by atoms with Crippen molar-refractivity contribution in [1.82, 2.24) is 4.98 Å². The van der Waals surface area contributed by atoms with Gasteiger partial charge in [0.25, 0.3) is 0 Å². The van der Waals surface area contributed by atoms with E-state index in [4.69, 9.17) is 13.9 Å². The Morgan fingerprint density at radius 1 is 1.21 bits per heavy atom. The maximum absolute atomic E-state index is 13.6. The number of benzene rings is 2. The van der Waals surface area contributed by atoms with Crippen molar-refractivity contribution in [3.05, 3.63) is 70.9 Å². The summed E-state index contributed by atoms with van der Waals surface area (Å²) in [6, 6.07) is 7.82. The first-order valence-electron chi connectivity index (χ1n) is 10.8. The molecule has 178 valence electrons. The molecule has 1 spiro atoms. The van der Waals surface area contributed by atoms with Crippen LogP contribution in [-0.2, 0) is 20.4 Å². The highest BCUT2D eigenvalue weighted by molar-refractivity contribution is 5.90. The van der Waals surface area contributed by atoms with Crippen LogP contribution in [0.5, 0.6) is 0 Å². The molecule has 3 atom stereocenters. The van der Waals surface area contributed by atoms with Crippen LogP contribution in [-0.4, -0.2) is 30.3 Å². The van der Waals surface area contributed by atoms with Crippen molar-refractivity contribution < 1.29 is 36.2 Å². The number of methoxy groups -OCH3 is 1. The largest absolute Gasteiger partial charge is 0.469 e. The smallest absolute Gasteiger partial charge is 0.416 e. The number of oxazole rings is 1. The van der Waals surface area contributed by atoms with Gasteiger partial charge in [0.05, 0.1) is 30.8 Å². The Labute approximate surface area is 192 Å². The molecular weight excluding hydrogens is 454 g/mol. The molecular formula is C25H21F4NO4. The highest BCUT2D eigenvalue weighted by Crippen LogP contribution is 2.54. The van der Waals surface area contributed by atoms with Crippen molar-refractivity contribution in [2.24, 2.45) is 5.92 Å². The SMILES string of the molecule is COC(=O)C1CC[C@@]2(C=C(c3cc(C(F)(F)F)cc4nc(C)oc34)CO2)[C@@H]1c1ccc(F)cc1. The molecule has 1 aliphatic carbocycles. The molecule has 3 aromatic rings. The standard InChI is InChI=1S/C25H21F4NO4/c1-13-30-20-10-16(25(27,28)29)9-19(22(20)34-13)15-11-24(33-12-15)8-7-18(23(31)32-2)21(24)14-3-5-17(26)6-4-14/h3-6,9-11,18,21H,7-8,12H2,1-2H3/t18?,21-,24-/m1/s1. The highest BCUT2D eigenvalue weighted by atomic mass is 19.4. The number of ether oxygens (including phenoxy) is 2. The van der Waals surface area contributed by atoms with E-state index in [1.165, 1.54) is 19.2 Å². The van der Waals surface area contributed by atoms with Gasteiger partial charge in [-0.1, -0.05) is 12.1 Å². The van der Waals surface area contributed by atoms with Gasteiger partial charge in [0.15, 0.2) is 11.5 Å². The summed E-state index contributed by atoms with van der Waals surface area (Å²) < 4.78 is 71.2. The third kappa shape index (κ3) is 3.68. The van der Waals surface area contributed by atoms with Crippen LogP contribution < -0.4 is 0 Å². The third-order valence-electron chi connectivity index (χ3n) is 6.69. The van der Waals surface area contributed by atoms with Crippen LogP contribution in [0.1, 0.15) is 41.3 Å². The number of hydrogen-bond acceptors (Lipinski definition) is 5. The van der Waals surface area contributed by atoms with Crippen LogP contribution >= 0.6 is 0 Å². The van der Waals surface area contributed by atoms with Gasteiger partial charge in [0, 0.05) is 18.4 Å². The van der Waals surface area contributed by atoms with Gasteiger partial charge in [-0.05, 0) is 54.3 Å². The van der Waals surface area contributed by atoms with Crippen LogP contribution in [0.3, 0.4) is 0 Å². The lowest BCUT2D eigenvalue weighted by Gasteiger charge is -2.31. The predicted molar refractivity (Wildman–Crippen MR) is 114 cm³/mol. The quantitative estimate of drug-likeness (QED) is 0.353. The van der Waals surface area contributed by atoms with Crippen molar-refractivity contribution in [2.75, 3.05) is 13.7 Å². The molecule has 0 N–H and O–H groups in total. The van der Waals surface area contributed by atoms with Crippen LogP contribution in [0, 0.1) is 18.7 Å². The van der Waals surface area contributed by atoms with E-state index < -0.39 is 41.0 Å². The summed E-state index contributed by atoms with van der Waals surface area (Å²) in [5.74, 6) is -1.61. The zero-order valence-electron chi connectivity index (χ0n) is 18.4. The molecule has 1 fully saturated rings. The normalized spacial score (nSPS) is 24.7. The molecule has 5 rings (SSSR count). The topological polar surface area (TPSA) is 61.6 Å². The summed E-state index contributed by atoms with van der Waals surface area (Å²) in [6.07, 6.45) is -1.86. The fraction of sp³-hybridized carbons (Fsp3) is 0.360. The van der Waals surface area contributed by atoms with E-state index in [2.05, 4.69) is 4.98 Å². The van der Waals surface area contributed by atoms with Gasteiger partial charge < -0.3 is 13.9 Å². The number of nitrogens with zero attached hydrogens (tertiary/aromatic N) is 1. The number of aromatic nitrogens is 1. The van der Waals surface area contributed by atoms with Gasteiger partial charge in [0.2, 0.25) is 0 Å². The number of fused-ring (bicyclic) bond motifs is 1. The number of halogens is 4. The summed E-state index contributed by atoms with van der Waals surface area (Å²) in [7, 11) is 1.30. The Morgan fingerprint density at radius 2 is 1.94 bits per heavy atom. The Hall–Kier alpha value is -3.20. The monoisotopic (exact) mass is 475 g/mol. The molecule has 1 unspecified atom stereocenters. The fourth-order valence-electron chi connectivity index (χ4n) is 5.25. The van der Waals surface area contributed by atoms with Gasteiger partial charge in [-0.25, -0.2) is 9.37 Å². The maximum Gasteiger partial charge on any atom is 0.416 e. The van der Waals surface area contributed by atoms with Crippen molar-refractivity contribution >= 4 is 22.6 Å². The molecule has 2 aromatic carbocycles. The number of carbonyl (C=O) groups excluding carboxylic acids is 1. The first-order valence-corrected chi connectivity index (χ1v) is 10.8. The molecule has 2 aliphatic rings. The lowest BCUT2D eigenvalue weighted by atomic mass is 9.79. The zero-order chi connectivity index (χ0) is 24.3. The Bertz CT molecular complexity index is 1290. The average Bonchev–Trinajstić information content (AvgIpc) is 3.49. The van der Waals surface area contributed by atoms with Gasteiger partial charge in [0.1, 0.15) is 11.3 Å². The Kier molecular flexibility index (Phi) is 5.27. The van der Waals surface area contributed by atoms with Crippen LogP contribution in [0.2, 0.25) is 0 Å². The molecule has 0 radical (unpaired) electrons. The van der Waals surface area contributed by atoms with Crippen molar-refractivity contribution in [3.8, 4) is 0 Å².